The number of carbonyl (C=O) groups is 1. The van der Waals surface area contributed by atoms with E-state index in [1.54, 1.807) is 6.07 Å². The van der Waals surface area contributed by atoms with Crippen molar-refractivity contribution in [3.05, 3.63) is 29.8 Å². The number of anilines is 1. The Labute approximate surface area is 119 Å². The van der Waals surface area contributed by atoms with Crippen LogP contribution in [0.4, 0.5) is 5.69 Å². The van der Waals surface area contributed by atoms with Gasteiger partial charge in [-0.1, -0.05) is 6.07 Å². The van der Waals surface area contributed by atoms with Crippen molar-refractivity contribution in [2.45, 2.75) is 6.42 Å². The summed E-state index contributed by atoms with van der Waals surface area (Å²) in [7, 11) is 0.950. The van der Waals surface area contributed by atoms with Gasteiger partial charge < -0.3 is 10.2 Å². The van der Waals surface area contributed by atoms with E-state index in [0.29, 0.717) is 18.5 Å². The molecule has 6 heteroatoms. The average Bonchev–Trinajstić information content (AvgIpc) is 2.75. The molecule has 1 heterocycles. The summed E-state index contributed by atoms with van der Waals surface area (Å²) >= 11 is 0. The number of rotatable bonds is 4. The van der Waals surface area contributed by atoms with Gasteiger partial charge in [0.1, 0.15) is 0 Å². The minimum Gasteiger partial charge on any atom is -0.378 e. The molecule has 1 atom stereocenters. The largest absolute Gasteiger partial charge is 0.378 e. The van der Waals surface area contributed by atoms with E-state index in [2.05, 4.69) is 5.32 Å². The third kappa shape index (κ3) is 3.72. The van der Waals surface area contributed by atoms with Gasteiger partial charge in [-0.25, -0.2) is 8.42 Å². The highest BCUT2D eigenvalue weighted by atomic mass is 32.2. The standard InChI is InChI=1S/C14H20N2O3S/c1-16(2)13-5-3-4-12(8-13)14(17)15-9-11-6-7-20(18,19)10-11/h3-5,8,11H,6-7,9-10H2,1-2H3,(H,15,17). The van der Waals surface area contributed by atoms with E-state index in [9.17, 15) is 13.2 Å². The van der Waals surface area contributed by atoms with Crippen molar-refractivity contribution in [2.24, 2.45) is 5.92 Å². The lowest BCUT2D eigenvalue weighted by molar-refractivity contribution is 0.0948. The van der Waals surface area contributed by atoms with Gasteiger partial charge in [0.2, 0.25) is 0 Å². The Kier molecular flexibility index (Phi) is 4.32. The molecule has 0 aromatic heterocycles. The summed E-state index contributed by atoms with van der Waals surface area (Å²) in [6.07, 6.45) is 0.639. The first-order valence-electron chi connectivity index (χ1n) is 6.63. The number of carbonyl (C=O) groups excluding carboxylic acids is 1. The van der Waals surface area contributed by atoms with Gasteiger partial charge in [-0.3, -0.25) is 4.79 Å². The molecule has 1 amide bonds. The molecule has 1 aromatic carbocycles. The summed E-state index contributed by atoms with van der Waals surface area (Å²) in [6.45, 7) is 0.421. The zero-order valence-corrected chi connectivity index (χ0v) is 12.6. The van der Waals surface area contributed by atoms with Gasteiger partial charge in [-0.05, 0) is 30.5 Å². The molecule has 20 heavy (non-hydrogen) atoms. The third-order valence-electron chi connectivity index (χ3n) is 3.50. The van der Waals surface area contributed by atoms with E-state index >= 15 is 0 Å². The van der Waals surface area contributed by atoms with Gasteiger partial charge in [0.05, 0.1) is 11.5 Å². The van der Waals surface area contributed by atoms with Crippen LogP contribution in [0.5, 0.6) is 0 Å². The maximum absolute atomic E-state index is 12.1. The van der Waals surface area contributed by atoms with Gasteiger partial charge in [0.15, 0.2) is 9.84 Å². The van der Waals surface area contributed by atoms with Crippen LogP contribution in [0.25, 0.3) is 0 Å². The van der Waals surface area contributed by atoms with Gasteiger partial charge in [-0.15, -0.1) is 0 Å². The molecular weight excluding hydrogens is 276 g/mol. The summed E-state index contributed by atoms with van der Waals surface area (Å²) < 4.78 is 22.7. The molecule has 5 nitrogen and oxygen atoms in total. The second kappa shape index (κ2) is 5.83. The molecule has 2 rings (SSSR count). The van der Waals surface area contributed by atoms with E-state index in [1.807, 2.05) is 37.2 Å². The van der Waals surface area contributed by atoms with Crippen LogP contribution in [0, 0.1) is 5.92 Å². The van der Waals surface area contributed by atoms with Gasteiger partial charge in [-0.2, -0.15) is 0 Å². The molecule has 1 fully saturated rings. The lowest BCUT2D eigenvalue weighted by Gasteiger charge is -2.14. The second-order valence-corrected chi connectivity index (χ2v) is 7.65. The first-order chi connectivity index (χ1) is 9.37. The molecule has 1 unspecified atom stereocenters. The lowest BCUT2D eigenvalue weighted by Crippen LogP contribution is -2.29. The van der Waals surface area contributed by atoms with Crippen molar-refractivity contribution < 1.29 is 13.2 Å². The maximum Gasteiger partial charge on any atom is 0.251 e. The molecular formula is C14H20N2O3S. The number of sulfone groups is 1. The summed E-state index contributed by atoms with van der Waals surface area (Å²) in [5.41, 5.74) is 1.55. The summed E-state index contributed by atoms with van der Waals surface area (Å²) in [4.78, 5) is 14.0. The molecule has 1 aliphatic rings. The summed E-state index contributed by atoms with van der Waals surface area (Å²) in [5.74, 6) is 0.313. The van der Waals surface area contributed by atoms with Crippen LogP contribution in [0.2, 0.25) is 0 Å². The zero-order valence-electron chi connectivity index (χ0n) is 11.8. The minimum atomic E-state index is -2.88. The van der Waals surface area contributed by atoms with Crippen molar-refractivity contribution in [3.63, 3.8) is 0 Å². The molecule has 1 aromatic rings. The number of hydrogen-bond acceptors (Lipinski definition) is 4. The fourth-order valence-corrected chi connectivity index (χ4v) is 4.16. The van der Waals surface area contributed by atoms with Gasteiger partial charge in [0, 0.05) is 31.9 Å². The van der Waals surface area contributed by atoms with Crippen LogP contribution in [-0.4, -0.2) is 46.5 Å². The predicted molar refractivity (Wildman–Crippen MR) is 79.9 cm³/mol. The van der Waals surface area contributed by atoms with Gasteiger partial charge >= 0.3 is 0 Å². The van der Waals surface area contributed by atoms with Crippen LogP contribution in [0.15, 0.2) is 24.3 Å². The van der Waals surface area contributed by atoms with Crippen molar-refractivity contribution in [1.82, 2.24) is 5.32 Å². The highest BCUT2D eigenvalue weighted by Gasteiger charge is 2.27. The summed E-state index contributed by atoms with van der Waals surface area (Å²) in [6, 6.07) is 7.35. The first kappa shape index (κ1) is 14.8. The number of nitrogens with zero attached hydrogens (tertiary/aromatic N) is 1. The zero-order chi connectivity index (χ0) is 14.8. The molecule has 110 valence electrons. The van der Waals surface area contributed by atoms with Crippen LogP contribution in [-0.2, 0) is 9.84 Å². The Balaban J connectivity index is 1.94. The molecule has 0 bridgehead atoms. The van der Waals surface area contributed by atoms with Crippen LogP contribution in [0.3, 0.4) is 0 Å². The lowest BCUT2D eigenvalue weighted by atomic mass is 10.1. The highest BCUT2D eigenvalue weighted by Crippen LogP contribution is 2.18. The number of amides is 1. The molecule has 1 N–H and O–H groups in total. The Bertz CT molecular complexity index is 596. The Hall–Kier alpha value is -1.56. The Morgan fingerprint density at radius 2 is 2.15 bits per heavy atom. The number of hydrogen-bond donors (Lipinski definition) is 1. The molecule has 0 saturated carbocycles. The molecule has 1 saturated heterocycles. The fourth-order valence-electron chi connectivity index (χ4n) is 2.30. The van der Waals surface area contributed by atoms with E-state index in [1.165, 1.54) is 0 Å². The minimum absolute atomic E-state index is 0.0426. The van der Waals surface area contributed by atoms with E-state index in [4.69, 9.17) is 0 Å². The quantitative estimate of drug-likeness (QED) is 0.897. The van der Waals surface area contributed by atoms with Gasteiger partial charge in [0.25, 0.3) is 5.91 Å². The normalized spacial score (nSPS) is 20.6. The molecule has 1 aliphatic heterocycles. The van der Waals surface area contributed by atoms with Crippen molar-refractivity contribution >= 4 is 21.4 Å². The van der Waals surface area contributed by atoms with E-state index in [-0.39, 0.29) is 23.3 Å². The van der Waals surface area contributed by atoms with E-state index in [0.717, 1.165) is 5.69 Å². The van der Waals surface area contributed by atoms with Crippen molar-refractivity contribution in [1.29, 1.82) is 0 Å². The Morgan fingerprint density at radius 3 is 2.75 bits per heavy atom. The first-order valence-corrected chi connectivity index (χ1v) is 8.45. The SMILES string of the molecule is CN(C)c1cccc(C(=O)NCC2CCS(=O)(=O)C2)c1. The molecule has 0 radical (unpaired) electrons. The molecule has 0 spiro atoms. The van der Waals surface area contributed by atoms with Crippen molar-refractivity contribution in [3.8, 4) is 0 Å². The Morgan fingerprint density at radius 1 is 1.40 bits per heavy atom. The average molecular weight is 296 g/mol. The van der Waals surface area contributed by atoms with Crippen LogP contribution < -0.4 is 10.2 Å². The summed E-state index contributed by atoms with van der Waals surface area (Å²) in [5, 5.41) is 2.82. The van der Waals surface area contributed by atoms with Crippen LogP contribution >= 0.6 is 0 Å². The van der Waals surface area contributed by atoms with Crippen molar-refractivity contribution in [2.75, 3.05) is 37.0 Å². The maximum atomic E-state index is 12.1. The topological polar surface area (TPSA) is 66.5 Å². The monoisotopic (exact) mass is 296 g/mol. The van der Waals surface area contributed by atoms with Crippen LogP contribution in [0.1, 0.15) is 16.8 Å². The third-order valence-corrected chi connectivity index (χ3v) is 5.34. The predicted octanol–water partition coefficient (Wildman–Crippen LogP) is 0.917. The van der Waals surface area contributed by atoms with E-state index < -0.39 is 9.84 Å². The number of nitrogens with one attached hydrogen (secondary N) is 1. The fraction of sp³-hybridized carbons (Fsp3) is 0.500. The smallest absolute Gasteiger partial charge is 0.251 e. The molecule has 0 aliphatic carbocycles. The highest BCUT2D eigenvalue weighted by molar-refractivity contribution is 7.91. The second-order valence-electron chi connectivity index (χ2n) is 5.42. The number of benzene rings is 1.